The minimum atomic E-state index is -0.0385. The highest BCUT2D eigenvalue weighted by molar-refractivity contribution is 7.98. The first kappa shape index (κ1) is 13.3. The van der Waals surface area contributed by atoms with Crippen LogP contribution >= 0.6 is 11.8 Å². The van der Waals surface area contributed by atoms with Gasteiger partial charge in [-0.3, -0.25) is 9.69 Å². The Balaban J connectivity index is 2.32. The molecule has 0 aromatic carbocycles. The van der Waals surface area contributed by atoms with E-state index in [0.717, 1.165) is 31.9 Å². The number of nitrogens with zero attached hydrogens (tertiary/aromatic N) is 3. The Morgan fingerprint density at radius 2 is 2.06 bits per heavy atom. The lowest BCUT2D eigenvalue weighted by Gasteiger charge is -2.35. The van der Waals surface area contributed by atoms with Gasteiger partial charge in [0, 0.05) is 38.4 Å². The van der Waals surface area contributed by atoms with Gasteiger partial charge in [0.05, 0.1) is 12.1 Å². The minimum Gasteiger partial charge on any atom is -0.340 e. The quantitative estimate of drug-likeness (QED) is 0.730. The molecule has 1 aliphatic heterocycles. The second-order valence-electron chi connectivity index (χ2n) is 3.96. The van der Waals surface area contributed by atoms with Crippen LogP contribution in [0.4, 0.5) is 0 Å². The predicted molar refractivity (Wildman–Crippen MR) is 66.2 cm³/mol. The molecule has 0 radical (unpaired) electrons. The topological polar surface area (TPSA) is 47.3 Å². The van der Waals surface area contributed by atoms with Crippen LogP contribution in [0.3, 0.4) is 0 Å². The molecule has 1 amide bonds. The summed E-state index contributed by atoms with van der Waals surface area (Å²) in [7, 11) is 0. The highest BCUT2D eigenvalue weighted by Crippen LogP contribution is 2.08. The van der Waals surface area contributed by atoms with E-state index < -0.39 is 0 Å². The van der Waals surface area contributed by atoms with Crippen LogP contribution < -0.4 is 0 Å². The Morgan fingerprint density at radius 3 is 2.56 bits per heavy atom. The van der Waals surface area contributed by atoms with Crippen LogP contribution in [-0.2, 0) is 4.79 Å². The molecule has 0 spiro atoms. The molecular formula is C11H19N3OS. The van der Waals surface area contributed by atoms with Gasteiger partial charge in [-0.2, -0.15) is 17.0 Å². The highest BCUT2D eigenvalue weighted by atomic mass is 32.2. The number of carbonyl (C=O) groups is 1. The SMILES string of the molecule is CSCCC(=O)N1CCN(C(C)C#N)CC1. The van der Waals surface area contributed by atoms with Crippen molar-refractivity contribution in [3.8, 4) is 6.07 Å². The molecule has 16 heavy (non-hydrogen) atoms. The van der Waals surface area contributed by atoms with E-state index in [-0.39, 0.29) is 11.9 Å². The van der Waals surface area contributed by atoms with Crippen LogP contribution in [0.2, 0.25) is 0 Å². The van der Waals surface area contributed by atoms with Gasteiger partial charge in [0.2, 0.25) is 5.91 Å². The lowest BCUT2D eigenvalue weighted by molar-refractivity contribution is -0.132. The molecule has 0 N–H and O–H groups in total. The van der Waals surface area contributed by atoms with Gasteiger partial charge in [-0.15, -0.1) is 0 Å². The van der Waals surface area contributed by atoms with Crippen LogP contribution in [0.25, 0.3) is 0 Å². The van der Waals surface area contributed by atoms with Crippen LogP contribution in [0.5, 0.6) is 0 Å². The lowest BCUT2D eigenvalue weighted by atomic mass is 10.2. The molecule has 1 heterocycles. The van der Waals surface area contributed by atoms with Crippen LogP contribution in [-0.4, -0.2) is 59.9 Å². The minimum absolute atomic E-state index is 0.0385. The summed E-state index contributed by atoms with van der Waals surface area (Å²) in [6.07, 6.45) is 2.65. The van der Waals surface area contributed by atoms with E-state index >= 15 is 0 Å². The summed E-state index contributed by atoms with van der Waals surface area (Å²) >= 11 is 1.70. The number of piperazine rings is 1. The van der Waals surface area contributed by atoms with Crippen molar-refractivity contribution in [2.75, 3.05) is 38.2 Å². The average Bonchev–Trinajstić information content (AvgIpc) is 2.35. The molecule has 0 aromatic heterocycles. The summed E-state index contributed by atoms with van der Waals surface area (Å²) < 4.78 is 0. The van der Waals surface area contributed by atoms with Crippen molar-refractivity contribution in [1.82, 2.24) is 9.80 Å². The monoisotopic (exact) mass is 241 g/mol. The zero-order valence-electron chi connectivity index (χ0n) is 9.98. The van der Waals surface area contributed by atoms with E-state index in [9.17, 15) is 4.79 Å². The normalized spacial score (nSPS) is 19.2. The molecule has 1 aliphatic rings. The van der Waals surface area contributed by atoms with E-state index in [1.54, 1.807) is 11.8 Å². The van der Waals surface area contributed by atoms with Crippen LogP contribution in [0, 0.1) is 11.3 Å². The molecule has 1 saturated heterocycles. The van der Waals surface area contributed by atoms with Crippen molar-refractivity contribution >= 4 is 17.7 Å². The lowest BCUT2D eigenvalue weighted by Crippen LogP contribution is -2.51. The zero-order valence-corrected chi connectivity index (χ0v) is 10.8. The molecule has 0 aromatic rings. The second-order valence-corrected chi connectivity index (χ2v) is 4.95. The molecule has 90 valence electrons. The largest absolute Gasteiger partial charge is 0.340 e. The number of rotatable bonds is 4. The molecule has 1 fully saturated rings. The van der Waals surface area contributed by atoms with Crippen molar-refractivity contribution in [2.24, 2.45) is 0 Å². The Hall–Kier alpha value is -0.730. The summed E-state index contributed by atoms with van der Waals surface area (Å²) in [6.45, 7) is 5.07. The molecule has 0 bridgehead atoms. The van der Waals surface area contributed by atoms with E-state index in [1.165, 1.54) is 0 Å². The van der Waals surface area contributed by atoms with Crippen molar-refractivity contribution in [1.29, 1.82) is 5.26 Å². The first-order chi connectivity index (χ1) is 7.69. The molecule has 1 unspecified atom stereocenters. The number of hydrogen-bond acceptors (Lipinski definition) is 4. The van der Waals surface area contributed by atoms with Gasteiger partial charge in [-0.05, 0) is 13.2 Å². The van der Waals surface area contributed by atoms with Gasteiger partial charge in [0.15, 0.2) is 0 Å². The van der Waals surface area contributed by atoms with Gasteiger partial charge < -0.3 is 4.90 Å². The van der Waals surface area contributed by atoms with Crippen LogP contribution in [0.15, 0.2) is 0 Å². The summed E-state index contributed by atoms with van der Waals surface area (Å²) in [5.41, 5.74) is 0. The van der Waals surface area contributed by atoms with Crippen LogP contribution in [0.1, 0.15) is 13.3 Å². The van der Waals surface area contributed by atoms with E-state index in [1.807, 2.05) is 18.1 Å². The third-order valence-corrected chi connectivity index (χ3v) is 3.53. The number of amides is 1. The van der Waals surface area contributed by atoms with Crippen molar-refractivity contribution in [3.05, 3.63) is 0 Å². The Kier molecular flexibility index (Phi) is 5.64. The number of carbonyl (C=O) groups excluding carboxylic acids is 1. The number of hydrogen-bond donors (Lipinski definition) is 0. The average molecular weight is 241 g/mol. The molecule has 1 atom stereocenters. The summed E-state index contributed by atoms with van der Waals surface area (Å²) in [4.78, 5) is 15.8. The van der Waals surface area contributed by atoms with Gasteiger partial charge in [0.25, 0.3) is 0 Å². The smallest absolute Gasteiger partial charge is 0.223 e. The standard InChI is InChI=1S/C11H19N3OS/c1-10(9-12)13-4-6-14(7-5-13)11(15)3-8-16-2/h10H,3-8H2,1-2H3. The first-order valence-electron chi connectivity index (χ1n) is 5.59. The predicted octanol–water partition coefficient (Wildman–Crippen LogP) is 0.796. The van der Waals surface area contributed by atoms with Gasteiger partial charge in [0.1, 0.15) is 0 Å². The summed E-state index contributed by atoms with van der Waals surface area (Å²) in [5.74, 6) is 1.15. The van der Waals surface area contributed by atoms with E-state index in [0.29, 0.717) is 6.42 Å². The maximum Gasteiger partial charge on any atom is 0.223 e. The number of thioether (sulfide) groups is 1. The Labute approximate surface area is 102 Å². The van der Waals surface area contributed by atoms with Gasteiger partial charge in [-0.25, -0.2) is 0 Å². The van der Waals surface area contributed by atoms with E-state index in [2.05, 4.69) is 11.0 Å². The van der Waals surface area contributed by atoms with Gasteiger partial charge >= 0.3 is 0 Å². The molecule has 4 nitrogen and oxygen atoms in total. The van der Waals surface area contributed by atoms with Crippen molar-refractivity contribution < 1.29 is 4.79 Å². The first-order valence-corrected chi connectivity index (χ1v) is 6.98. The Morgan fingerprint density at radius 1 is 1.44 bits per heavy atom. The highest BCUT2D eigenvalue weighted by Gasteiger charge is 2.23. The fourth-order valence-electron chi connectivity index (χ4n) is 1.79. The molecular weight excluding hydrogens is 222 g/mol. The Bertz CT molecular complexity index is 269. The zero-order chi connectivity index (χ0) is 12.0. The summed E-state index contributed by atoms with van der Waals surface area (Å²) in [5, 5.41) is 8.80. The van der Waals surface area contributed by atoms with Crippen molar-refractivity contribution in [2.45, 2.75) is 19.4 Å². The third kappa shape index (κ3) is 3.69. The maximum absolute atomic E-state index is 11.7. The number of nitriles is 1. The summed E-state index contributed by atoms with van der Waals surface area (Å²) in [6, 6.07) is 2.19. The fourth-order valence-corrected chi connectivity index (χ4v) is 2.17. The molecule has 5 heteroatoms. The van der Waals surface area contributed by atoms with E-state index in [4.69, 9.17) is 5.26 Å². The van der Waals surface area contributed by atoms with Crippen molar-refractivity contribution in [3.63, 3.8) is 0 Å². The molecule has 0 aliphatic carbocycles. The molecule has 1 rings (SSSR count). The molecule has 0 saturated carbocycles. The fraction of sp³-hybridized carbons (Fsp3) is 0.818. The van der Waals surface area contributed by atoms with Gasteiger partial charge in [-0.1, -0.05) is 0 Å². The maximum atomic E-state index is 11.7. The second kappa shape index (κ2) is 6.77. The third-order valence-electron chi connectivity index (χ3n) is 2.92.